The van der Waals surface area contributed by atoms with Crippen molar-refractivity contribution < 1.29 is 18.0 Å². The standard InChI is InChI=1S/C25H33F3N2O/c1-15-3-5-17-16(13-15)4-6-19-18(17)9-11-24(2)20(19)7-8-21(24)22(31)14-30-23(10-12-29-30)25(26,27)28/h4,10,12,15,17-21H,3,5-9,11,13-14H2,1-2H3/t15-,17-,18+,19+,20-,21+,24-/m0/s1. The fourth-order valence-corrected chi connectivity index (χ4v) is 7.96. The molecule has 0 N–H and O–H groups in total. The molecule has 1 aromatic heterocycles. The predicted octanol–water partition coefficient (Wildman–Crippen LogP) is 6.30. The first-order chi connectivity index (χ1) is 14.7. The summed E-state index contributed by atoms with van der Waals surface area (Å²) in [5.74, 6) is 3.18. The van der Waals surface area contributed by atoms with Crippen molar-refractivity contribution >= 4 is 5.78 Å². The van der Waals surface area contributed by atoms with Gasteiger partial charge in [-0.3, -0.25) is 9.48 Å². The maximum Gasteiger partial charge on any atom is 0.433 e. The Balaban J connectivity index is 1.34. The van der Waals surface area contributed by atoms with Crippen LogP contribution in [0.25, 0.3) is 0 Å². The Morgan fingerprint density at radius 3 is 2.77 bits per heavy atom. The Morgan fingerprint density at radius 2 is 2.00 bits per heavy atom. The van der Waals surface area contributed by atoms with Crippen molar-refractivity contribution in [2.24, 2.45) is 40.9 Å². The van der Waals surface area contributed by atoms with Crippen molar-refractivity contribution in [1.82, 2.24) is 9.78 Å². The highest BCUT2D eigenvalue weighted by molar-refractivity contribution is 5.82. The lowest BCUT2D eigenvalue weighted by atomic mass is 9.51. The number of allylic oxidation sites excluding steroid dienone is 2. The lowest BCUT2D eigenvalue weighted by Gasteiger charge is -2.53. The monoisotopic (exact) mass is 434 g/mol. The number of ketones is 1. The van der Waals surface area contributed by atoms with E-state index in [1.807, 2.05) is 0 Å². The minimum atomic E-state index is -4.49. The van der Waals surface area contributed by atoms with Crippen LogP contribution in [0.3, 0.4) is 0 Å². The van der Waals surface area contributed by atoms with E-state index in [-0.39, 0.29) is 23.7 Å². The minimum absolute atomic E-state index is 0.0730. The molecule has 3 saturated carbocycles. The van der Waals surface area contributed by atoms with Gasteiger partial charge in [0.15, 0.2) is 5.78 Å². The van der Waals surface area contributed by atoms with Gasteiger partial charge in [-0.2, -0.15) is 18.3 Å². The largest absolute Gasteiger partial charge is 0.433 e. The number of Topliss-reactive ketones (excluding diaryl/α,β-unsaturated/α-hetero) is 1. The van der Waals surface area contributed by atoms with Gasteiger partial charge in [0.2, 0.25) is 0 Å². The zero-order chi connectivity index (χ0) is 22.0. The summed E-state index contributed by atoms with van der Waals surface area (Å²) in [6, 6.07) is 0.953. The van der Waals surface area contributed by atoms with E-state index in [0.29, 0.717) is 11.8 Å². The number of alkyl halides is 3. The van der Waals surface area contributed by atoms with Crippen molar-refractivity contribution in [2.75, 3.05) is 0 Å². The molecule has 1 heterocycles. The molecule has 0 bridgehead atoms. The van der Waals surface area contributed by atoms with Crippen molar-refractivity contribution in [3.63, 3.8) is 0 Å². The number of hydrogen-bond acceptors (Lipinski definition) is 2. The molecule has 0 saturated heterocycles. The van der Waals surface area contributed by atoms with Crippen LogP contribution >= 0.6 is 0 Å². The van der Waals surface area contributed by atoms with Gasteiger partial charge in [-0.25, -0.2) is 0 Å². The van der Waals surface area contributed by atoms with Crippen molar-refractivity contribution in [3.8, 4) is 0 Å². The highest BCUT2D eigenvalue weighted by Crippen LogP contribution is 2.63. The smallest absolute Gasteiger partial charge is 0.297 e. The third-order valence-corrected chi connectivity index (χ3v) is 9.39. The SMILES string of the molecule is C[C@H]1CC[C@H]2C(=CC[C@@H]3[C@@H]2CC[C@]2(C)[C@@H](C(=O)Cn4nccc4C(F)(F)F)CC[C@@H]32)C1. The topological polar surface area (TPSA) is 34.9 Å². The molecule has 4 aliphatic carbocycles. The number of carbonyl (C=O) groups excluding carboxylic acids is 1. The second-order valence-corrected chi connectivity index (χ2v) is 11.0. The maximum absolute atomic E-state index is 13.2. The molecule has 0 spiro atoms. The second kappa shape index (κ2) is 7.48. The van der Waals surface area contributed by atoms with Crippen molar-refractivity contribution in [1.29, 1.82) is 0 Å². The Kier molecular flexibility index (Phi) is 5.13. The lowest BCUT2D eigenvalue weighted by Crippen LogP contribution is -2.47. The first kappa shape index (κ1) is 21.3. The Hall–Kier alpha value is -1.59. The van der Waals surface area contributed by atoms with Gasteiger partial charge >= 0.3 is 6.18 Å². The molecule has 3 fully saturated rings. The molecule has 7 atom stereocenters. The minimum Gasteiger partial charge on any atom is -0.297 e. The molecule has 4 aliphatic rings. The number of aromatic nitrogens is 2. The summed E-state index contributed by atoms with van der Waals surface area (Å²) in [6.07, 6.45) is 8.20. The first-order valence-electron chi connectivity index (χ1n) is 12.0. The summed E-state index contributed by atoms with van der Waals surface area (Å²) in [5, 5.41) is 3.81. The molecule has 0 aromatic carbocycles. The number of halogens is 3. The highest BCUT2D eigenvalue weighted by atomic mass is 19.4. The van der Waals surface area contributed by atoms with Crippen LogP contribution in [0.2, 0.25) is 0 Å². The third kappa shape index (κ3) is 3.48. The van der Waals surface area contributed by atoms with E-state index in [1.54, 1.807) is 5.57 Å². The fourth-order valence-electron chi connectivity index (χ4n) is 7.96. The Labute approximate surface area is 182 Å². The van der Waals surface area contributed by atoms with E-state index in [1.165, 1.54) is 19.3 Å². The molecule has 3 nitrogen and oxygen atoms in total. The predicted molar refractivity (Wildman–Crippen MR) is 112 cm³/mol. The molecule has 0 aliphatic heterocycles. The summed E-state index contributed by atoms with van der Waals surface area (Å²) in [4.78, 5) is 13.2. The van der Waals surface area contributed by atoms with Gasteiger partial charge in [-0.05, 0) is 92.4 Å². The van der Waals surface area contributed by atoms with Gasteiger partial charge in [0.1, 0.15) is 12.2 Å². The van der Waals surface area contributed by atoms with Crippen LogP contribution in [-0.4, -0.2) is 15.6 Å². The third-order valence-electron chi connectivity index (χ3n) is 9.39. The van der Waals surface area contributed by atoms with Crippen LogP contribution in [-0.2, 0) is 17.5 Å². The molecule has 31 heavy (non-hydrogen) atoms. The number of nitrogens with zero attached hydrogens (tertiary/aromatic N) is 2. The van der Waals surface area contributed by atoms with Gasteiger partial charge in [0.25, 0.3) is 0 Å². The summed E-state index contributed by atoms with van der Waals surface area (Å²) < 4.78 is 40.5. The average Bonchev–Trinajstić information content (AvgIpc) is 3.31. The van der Waals surface area contributed by atoms with Gasteiger partial charge in [0.05, 0.1) is 0 Å². The normalized spacial score (nSPS) is 40.0. The van der Waals surface area contributed by atoms with Crippen molar-refractivity contribution in [2.45, 2.75) is 77.9 Å². The number of hydrogen-bond donors (Lipinski definition) is 0. The molecule has 0 unspecified atom stereocenters. The van der Waals surface area contributed by atoms with E-state index in [4.69, 9.17) is 0 Å². The summed E-state index contributed by atoms with van der Waals surface area (Å²) in [5.41, 5.74) is 0.769. The molecule has 170 valence electrons. The van der Waals surface area contributed by atoms with Crippen LogP contribution in [0, 0.1) is 40.9 Å². The highest BCUT2D eigenvalue weighted by Gasteiger charge is 2.57. The fraction of sp³-hybridized carbons (Fsp3) is 0.760. The molecular formula is C25H33F3N2O. The van der Waals surface area contributed by atoms with Crippen LogP contribution < -0.4 is 0 Å². The number of rotatable bonds is 3. The summed E-state index contributed by atoms with van der Waals surface area (Å²) in [7, 11) is 0. The maximum atomic E-state index is 13.2. The van der Waals surface area contributed by atoms with E-state index >= 15 is 0 Å². The summed E-state index contributed by atoms with van der Waals surface area (Å²) in [6.45, 7) is 4.34. The van der Waals surface area contributed by atoms with Crippen LogP contribution in [0.5, 0.6) is 0 Å². The van der Waals surface area contributed by atoms with E-state index in [2.05, 4.69) is 25.0 Å². The molecular weight excluding hydrogens is 401 g/mol. The zero-order valence-corrected chi connectivity index (χ0v) is 18.5. The summed E-state index contributed by atoms with van der Waals surface area (Å²) >= 11 is 0. The van der Waals surface area contributed by atoms with Crippen LogP contribution in [0.4, 0.5) is 13.2 Å². The average molecular weight is 435 g/mol. The molecule has 5 rings (SSSR count). The number of carbonyl (C=O) groups is 1. The second-order valence-electron chi connectivity index (χ2n) is 11.0. The quantitative estimate of drug-likeness (QED) is 0.524. The molecule has 1 aromatic rings. The zero-order valence-electron chi connectivity index (χ0n) is 18.5. The van der Waals surface area contributed by atoms with E-state index in [0.717, 1.165) is 66.8 Å². The Morgan fingerprint density at radius 1 is 1.19 bits per heavy atom. The lowest BCUT2D eigenvalue weighted by molar-refractivity contribution is -0.145. The van der Waals surface area contributed by atoms with Crippen LogP contribution in [0.15, 0.2) is 23.9 Å². The molecule has 0 radical (unpaired) electrons. The van der Waals surface area contributed by atoms with Gasteiger partial charge < -0.3 is 0 Å². The first-order valence-corrected chi connectivity index (χ1v) is 12.0. The Bertz CT molecular complexity index is 888. The van der Waals surface area contributed by atoms with E-state index in [9.17, 15) is 18.0 Å². The van der Waals surface area contributed by atoms with E-state index < -0.39 is 11.9 Å². The molecule has 6 heteroatoms. The van der Waals surface area contributed by atoms with Crippen molar-refractivity contribution in [3.05, 3.63) is 29.6 Å². The van der Waals surface area contributed by atoms with Gasteiger partial charge in [-0.1, -0.05) is 25.5 Å². The van der Waals surface area contributed by atoms with Gasteiger partial charge in [0, 0.05) is 12.1 Å². The van der Waals surface area contributed by atoms with Crippen LogP contribution in [0.1, 0.15) is 70.9 Å². The number of fused-ring (bicyclic) bond motifs is 5. The van der Waals surface area contributed by atoms with Gasteiger partial charge in [-0.15, -0.1) is 0 Å². The molecule has 0 amide bonds.